The van der Waals surface area contributed by atoms with E-state index in [9.17, 15) is 0 Å². The van der Waals surface area contributed by atoms with E-state index in [1.165, 1.54) is 38.5 Å². The standard InChI is InChI=1S/C13H21NO/c1-2-6-12(7-3-1)14-10-4-8-13-9-5-11-15-13/h5,9,11-12,14H,1-4,6-8,10H2. The van der Waals surface area contributed by atoms with Crippen LogP contribution in [0.3, 0.4) is 0 Å². The van der Waals surface area contributed by atoms with Crippen LogP contribution >= 0.6 is 0 Å². The summed E-state index contributed by atoms with van der Waals surface area (Å²) in [7, 11) is 0. The summed E-state index contributed by atoms with van der Waals surface area (Å²) in [5.41, 5.74) is 0. The van der Waals surface area contributed by atoms with E-state index in [-0.39, 0.29) is 0 Å². The van der Waals surface area contributed by atoms with Gasteiger partial charge in [-0.25, -0.2) is 0 Å². The normalized spacial score (nSPS) is 18.1. The molecule has 0 spiro atoms. The molecular weight excluding hydrogens is 186 g/mol. The molecular formula is C13H21NO. The fourth-order valence-corrected chi connectivity index (χ4v) is 2.33. The van der Waals surface area contributed by atoms with E-state index in [4.69, 9.17) is 4.42 Å². The Hall–Kier alpha value is -0.760. The van der Waals surface area contributed by atoms with Crippen molar-refractivity contribution in [3.63, 3.8) is 0 Å². The van der Waals surface area contributed by atoms with Crippen LogP contribution < -0.4 is 5.32 Å². The van der Waals surface area contributed by atoms with Crippen LogP contribution in [-0.4, -0.2) is 12.6 Å². The Morgan fingerprint density at radius 2 is 2.13 bits per heavy atom. The molecule has 1 aliphatic carbocycles. The fourth-order valence-electron chi connectivity index (χ4n) is 2.33. The van der Waals surface area contributed by atoms with Crippen LogP contribution in [0.15, 0.2) is 22.8 Å². The van der Waals surface area contributed by atoms with Crippen LogP contribution in [0, 0.1) is 0 Å². The molecule has 2 heteroatoms. The van der Waals surface area contributed by atoms with Crippen LogP contribution in [-0.2, 0) is 6.42 Å². The molecule has 84 valence electrons. The largest absolute Gasteiger partial charge is 0.469 e. The lowest BCUT2D eigenvalue weighted by molar-refractivity contribution is 0.370. The monoisotopic (exact) mass is 207 g/mol. The van der Waals surface area contributed by atoms with Gasteiger partial charge in [0.15, 0.2) is 0 Å². The third kappa shape index (κ3) is 3.71. The first kappa shape index (κ1) is 10.7. The molecule has 15 heavy (non-hydrogen) atoms. The van der Waals surface area contributed by atoms with Gasteiger partial charge in [0.2, 0.25) is 0 Å². The van der Waals surface area contributed by atoms with Gasteiger partial charge in [-0.1, -0.05) is 19.3 Å². The molecule has 0 amide bonds. The van der Waals surface area contributed by atoms with Crippen molar-refractivity contribution in [1.29, 1.82) is 0 Å². The molecule has 2 nitrogen and oxygen atoms in total. The summed E-state index contributed by atoms with van der Waals surface area (Å²) < 4.78 is 5.30. The van der Waals surface area contributed by atoms with Crippen molar-refractivity contribution >= 4 is 0 Å². The highest BCUT2D eigenvalue weighted by atomic mass is 16.3. The molecule has 1 aromatic heterocycles. The zero-order valence-electron chi connectivity index (χ0n) is 9.37. The van der Waals surface area contributed by atoms with Crippen molar-refractivity contribution in [3.8, 4) is 0 Å². The highest BCUT2D eigenvalue weighted by molar-refractivity contribution is 4.97. The van der Waals surface area contributed by atoms with E-state index in [2.05, 4.69) is 11.4 Å². The van der Waals surface area contributed by atoms with Crippen LogP contribution in [0.5, 0.6) is 0 Å². The number of hydrogen-bond donors (Lipinski definition) is 1. The second-order valence-corrected chi connectivity index (χ2v) is 4.47. The highest BCUT2D eigenvalue weighted by Gasteiger charge is 2.11. The van der Waals surface area contributed by atoms with Crippen LogP contribution in [0.4, 0.5) is 0 Å². The smallest absolute Gasteiger partial charge is 0.103 e. The maximum absolute atomic E-state index is 5.30. The van der Waals surface area contributed by atoms with Gasteiger partial charge in [0, 0.05) is 12.5 Å². The van der Waals surface area contributed by atoms with Gasteiger partial charge in [0.25, 0.3) is 0 Å². The van der Waals surface area contributed by atoms with Gasteiger partial charge < -0.3 is 9.73 Å². The summed E-state index contributed by atoms with van der Waals surface area (Å²) in [5.74, 6) is 1.11. The molecule has 0 atom stereocenters. The summed E-state index contributed by atoms with van der Waals surface area (Å²) in [6.07, 6.45) is 11.0. The SMILES string of the molecule is c1coc(CCCNC2CCCCC2)c1. The Morgan fingerprint density at radius 3 is 2.87 bits per heavy atom. The van der Waals surface area contributed by atoms with Gasteiger partial charge in [-0.2, -0.15) is 0 Å². The van der Waals surface area contributed by atoms with E-state index in [0.717, 1.165) is 24.8 Å². The lowest BCUT2D eigenvalue weighted by Gasteiger charge is -2.22. The molecule has 1 fully saturated rings. The zero-order valence-corrected chi connectivity index (χ0v) is 9.37. The van der Waals surface area contributed by atoms with Crippen LogP contribution in [0.25, 0.3) is 0 Å². The van der Waals surface area contributed by atoms with Crippen molar-refractivity contribution in [2.75, 3.05) is 6.54 Å². The average molecular weight is 207 g/mol. The van der Waals surface area contributed by atoms with E-state index < -0.39 is 0 Å². The number of nitrogens with one attached hydrogen (secondary N) is 1. The van der Waals surface area contributed by atoms with Crippen molar-refractivity contribution in [1.82, 2.24) is 5.32 Å². The minimum atomic E-state index is 0.787. The Kier molecular flexibility index (Phi) is 4.27. The van der Waals surface area contributed by atoms with Crippen LogP contribution in [0.2, 0.25) is 0 Å². The Balaban J connectivity index is 1.54. The van der Waals surface area contributed by atoms with Crippen molar-refractivity contribution in [3.05, 3.63) is 24.2 Å². The van der Waals surface area contributed by atoms with Gasteiger partial charge >= 0.3 is 0 Å². The number of hydrogen-bond acceptors (Lipinski definition) is 2. The van der Waals surface area contributed by atoms with Gasteiger partial charge in [-0.05, 0) is 37.9 Å². The first-order valence-electron chi connectivity index (χ1n) is 6.21. The van der Waals surface area contributed by atoms with Crippen molar-refractivity contribution in [2.24, 2.45) is 0 Å². The summed E-state index contributed by atoms with van der Waals surface area (Å²) in [4.78, 5) is 0. The van der Waals surface area contributed by atoms with Gasteiger partial charge in [-0.15, -0.1) is 0 Å². The van der Waals surface area contributed by atoms with E-state index in [1.807, 2.05) is 6.07 Å². The van der Waals surface area contributed by atoms with E-state index >= 15 is 0 Å². The summed E-state index contributed by atoms with van der Waals surface area (Å²) in [6, 6.07) is 4.81. The van der Waals surface area contributed by atoms with Crippen molar-refractivity contribution in [2.45, 2.75) is 51.0 Å². The summed E-state index contributed by atoms with van der Waals surface area (Å²) in [6.45, 7) is 1.13. The quantitative estimate of drug-likeness (QED) is 0.750. The number of furan rings is 1. The molecule has 0 aliphatic heterocycles. The Morgan fingerprint density at radius 1 is 1.27 bits per heavy atom. The molecule has 0 saturated heterocycles. The highest BCUT2D eigenvalue weighted by Crippen LogP contribution is 2.17. The van der Waals surface area contributed by atoms with Gasteiger partial charge in [0.05, 0.1) is 6.26 Å². The molecule has 0 unspecified atom stereocenters. The van der Waals surface area contributed by atoms with E-state index in [1.54, 1.807) is 6.26 Å². The maximum atomic E-state index is 5.30. The lowest BCUT2D eigenvalue weighted by atomic mass is 9.95. The third-order valence-electron chi connectivity index (χ3n) is 3.22. The number of rotatable bonds is 5. The molecule has 1 N–H and O–H groups in total. The molecule has 1 aromatic rings. The maximum Gasteiger partial charge on any atom is 0.103 e. The predicted molar refractivity (Wildman–Crippen MR) is 61.9 cm³/mol. The molecule has 1 aliphatic rings. The second kappa shape index (κ2) is 5.96. The number of aryl methyl sites for hydroxylation is 1. The Bertz CT molecular complexity index is 250. The second-order valence-electron chi connectivity index (χ2n) is 4.47. The minimum absolute atomic E-state index is 0.787. The first-order chi connectivity index (χ1) is 7.45. The molecule has 2 rings (SSSR count). The van der Waals surface area contributed by atoms with Crippen LogP contribution in [0.1, 0.15) is 44.3 Å². The molecule has 0 bridgehead atoms. The van der Waals surface area contributed by atoms with Gasteiger partial charge in [-0.3, -0.25) is 0 Å². The van der Waals surface area contributed by atoms with E-state index in [0.29, 0.717) is 0 Å². The fraction of sp³-hybridized carbons (Fsp3) is 0.692. The zero-order chi connectivity index (χ0) is 10.3. The lowest BCUT2D eigenvalue weighted by Crippen LogP contribution is -2.31. The third-order valence-corrected chi connectivity index (χ3v) is 3.22. The molecule has 1 saturated carbocycles. The predicted octanol–water partition coefficient (Wildman–Crippen LogP) is 3.13. The van der Waals surface area contributed by atoms with Gasteiger partial charge in [0.1, 0.15) is 5.76 Å². The summed E-state index contributed by atoms with van der Waals surface area (Å²) in [5, 5.41) is 3.64. The molecule has 0 aromatic carbocycles. The summed E-state index contributed by atoms with van der Waals surface area (Å²) >= 11 is 0. The van der Waals surface area contributed by atoms with Crippen molar-refractivity contribution < 1.29 is 4.42 Å². The minimum Gasteiger partial charge on any atom is -0.469 e. The Labute approximate surface area is 92.1 Å². The molecule has 1 heterocycles. The topological polar surface area (TPSA) is 25.2 Å². The average Bonchev–Trinajstić information content (AvgIpc) is 2.79. The molecule has 0 radical (unpaired) electrons. The first-order valence-corrected chi connectivity index (χ1v) is 6.21.